The van der Waals surface area contributed by atoms with Gasteiger partial charge in [0, 0.05) is 24.2 Å². The predicted octanol–water partition coefficient (Wildman–Crippen LogP) is 1.37. The molecule has 0 amide bonds. The van der Waals surface area contributed by atoms with Gasteiger partial charge in [0.2, 0.25) is 0 Å². The number of pyridine rings is 2. The van der Waals surface area contributed by atoms with Gasteiger partial charge in [-0.25, -0.2) is 0 Å². The maximum Gasteiger partial charge on any atom is 0.184 e. The molecule has 0 atom stereocenters. The molecule has 78 valence electrons. The zero-order valence-corrected chi connectivity index (χ0v) is 8.41. The van der Waals surface area contributed by atoms with Crippen molar-refractivity contribution in [2.45, 2.75) is 0 Å². The molecule has 0 saturated heterocycles. The quantitative estimate of drug-likeness (QED) is 0.660. The van der Waals surface area contributed by atoms with Crippen LogP contribution in [0.4, 0.5) is 5.69 Å². The van der Waals surface area contributed by atoms with E-state index in [1.165, 1.54) is 0 Å². The van der Waals surface area contributed by atoms with Crippen LogP contribution in [-0.2, 0) is 0 Å². The topological polar surface area (TPSA) is 69.1 Å². The Morgan fingerprint density at radius 3 is 2.88 bits per heavy atom. The molecule has 3 rings (SSSR count). The maximum absolute atomic E-state index is 5.81. The van der Waals surface area contributed by atoms with Crippen molar-refractivity contribution < 1.29 is 0 Å². The van der Waals surface area contributed by atoms with Crippen LogP contribution < -0.4 is 5.73 Å². The highest BCUT2D eigenvalue weighted by atomic mass is 15.2. The predicted molar refractivity (Wildman–Crippen MR) is 60.6 cm³/mol. The van der Waals surface area contributed by atoms with E-state index in [0.29, 0.717) is 11.3 Å². The molecule has 0 aliphatic rings. The van der Waals surface area contributed by atoms with Crippen molar-refractivity contribution in [3.8, 4) is 11.4 Å². The smallest absolute Gasteiger partial charge is 0.184 e. The summed E-state index contributed by atoms with van der Waals surface area (Å²) in [6.07, 6.45) is 5.36. The van der Waals surface area contributed by atoms with E-state index in [-0.39, 0.29) is 0 Å². The molecule has 5 nitrogen and oxygen atoms in total. The highest BCUT2D eigenvalue weighted by Gasteiger charge is 2.08. The first kappa shape index (κ1) is 8.84. The molecule has 5 heteroatoms. The summed E-state index contributed by atoms with van der Waals surface area (Å²) in [6, 6.07) is 7.47. The highest BCUT2D eigenvalue weighted by Crippen LogP contribution is 2.19. The minimum Gasteiger partial charge on any atom is -0.396 e. The van der Waals surface area contributed by atoms with Crippen LogP contribution in [0.3, 0.4) is 0 Å². The molecule has 0 aliphatic carbocycles. The van der Waals surface area contributed by atoms with Gasteiger partial charge < -0.3 is 5.73 Å². The van der Waals surface area contributed by atoms with Gasteiger partial charge in [0.25, 0.3) is 0 Å². The molecule has 3 aromatic heterocycles. The summed E-state index contributed by atoms with van der Waals surface area (Å²) in [6.45, 7) is 0. The molecule has 16 heavy (non-hydrogen) atoms. The Bertz CT molecular complexity index is 629. The van der Waals surface area contributed by atoms with Gasteiger partial charge >= 0.3 is 0 Å². The third kappa shape index (κ3) is 1.22. The number of nitrogens with two attached hydrogens (primary N) is 1. The van der Waals surface area contributed by atoms with Gasteiger partial charge in [-0.2, -0.15) is 0 Å². The third-order valence-corrected chi connectivity index (χ3v) is 2.38. The van der Waals surface area contributed by atoms with Crippen LogP contribution in [0.1, 0.15) is 0 Å². The van der Waals surface area contributed by atoms with Crippen LogP contribution in [0.15, 0.2) is 42.9 Å². The summed E-state index contributed by atoms with van der Waals surface area (Å²) in [5, 5.41) is 8.17. The van der Waals surface area contributed by atoms with E-state index in [1.807, 2.05) is 28.8 Å². The second kappa shape index (κ2) is 3.30. The fourth-order valence-electron chi connectivity index (χ4n) is 1.63. The number of nitrogens with zero attached hydrogens (tertiary/aromatic N) is 4. The van der Waals surface area contributed by atoms with Crippen LogP contribution >= 0.6 is 0 Å². The Balaban J connectivity index is 2.30. The monoisotopic (exact) mass is 211 g/mol. The fraction of sp³-hybridized carbons (Fsp3) is 0. The van der Waals surface area contributed by atoms with E-state index in [9.17, 15) is 0 Å². The lowest BCUT2D eigenvalue weighted by molar-refractivity contribution is 1.11. The molecule has 0 aliphatic heterocycles. The highest BCUT2D eigenvalue weighted by molar-refractivity contribution is 5.68. The van der Waals surface area contributed by atoms with E-state index in [2.05, 4.69) is 15.2 Å². The van der Waals surface area contributed by atoms with E-state index in [1.54, 1.807) is 18.5 Å². The Morgan fingerprint density at radius 1 is 1.12 bits per heavy atom. The summed E-state index contributed by atoms with van der Waals surface area (Å²) in [4.78, 5) is 4.06. The Labute approximate surface area is 91.6 Å². The number of fused-ring (bicyclic) bond motifs is 1. The van der Waals surface area contributed by atoms with E-state index in [0.717, 1.165) is 11.4 Å². The fourth-order valence-corrected chi connectivity index (χ4v) is 1.63. The Hall–Kier alpha value is -2.43. The minimum atomic E-state index is 0.616. The second-order valence-electron chi connectivity index (χ2n) is 3.42. The minimum absolute atomic E-state index is 0.616. The molecular weight excluding hydrogens is 202 g/mol. The van der Waals surface area contributed by atoms with Gasteiger partial charge in [0.05, 0.1) is 5.69 Å². The molecule has 0 unspecified atom stereocenters. The molecule has 0 fully saturated rings. The van der Waals surface area contributed by atoms with Crippen molar-refractivity contribution in [1.29, 1.82) is 0 Å². The van der Waals surface area contributed by atoms with E-state index in [4.69, 9.17) is 5.73 Å². The summed E-state index contributed by atoms with van der Waals surface area (Å²) in [5.41, 5.74) is 8.01. The molecule has 3 heterocycles. The average molecular weight is 211 g/mol. The van der Waals surface area contributed by atoms with Gasteiger partial charge in [-0.05, 0) is 24.3 Å². The van der Waals surface area contributed by atoms with Crippen molar-refractivity contribution in [3.63, 3.8) is 0 Å². The zero-order valence-electron chi connectivity index (χ0n) is 8.41. The van der Waals surface area contributed by atoms with E-state index < -0.39 is 0 Å². The Kier molecular flexibility index (Phi) is 1.83. The number of hydrogen-bond acceptors (Lipinski definition) is 4. The number of nitrogen functional groups attached to an aromatic ring is 1. The maximum atomic E-state index is 5.81. The number of hydrogen-bond donors (Lipinski definition) is 1. The first-order valence-electron chi connectivity index (χ1n) is 4.86. The second-order valence-corrected chi connectivity index (χ2v) is 3.42. The first-order valence-corrected chi connectivity index (χ1v) is 4.86. The molecule has 3 aromatic rings. The molecule has 0 spiro atoms. The molecule has 0 aromatic carbocycles. The van der Waals surface area contributed by atoms with Crippen molar-refractivity contribution in [2.24, 2.45) is 0 Å². The molecule has 2 N–H and O–H groups in total. The molecular formula is C11H9N5. The van der Waals surface area contributed by atoms with Crippen molar-refractivity contribution in [1.82, 2.24) is 19.6 Å². The molecule has 0 radical (unpaired) electrons. The lowest BCUT2D eigenvalue weighted by atomic mass is 10.3. The summed E-state index contributed by atoms with van der Waals surface area (Å²) < 4.78 is 1.85. The lowest BCUT2D eigenvalue weighted by Crippen LogP contribution is -1.93. The van der Waals surface area contributed by atoms with Crippen molar-refractivity contribution >= 4 is 11.3 Å². The van der Waals surface area contributed by atoms with Crippen LogP contribution in [0.5, 0.6) is 0 Å². The van der Waals surface area contributed by atoms with Crippen LogP contribution in [0.25, 0.3) is 17.0 Å². The number of aromatic nitrogens is 4. The van der Waals surface area contributed by atoms with Gasteiger partial charge in [-0.15, -0.1) is 10.2 Å². The van der Waals surface area contributed by atoms with Gasteiger partial charge in [0.1, 0.15) is 0 Å². The summed E-state index contributed by atoms with van der Waals surface area (Å²) in [5.74, 6) is 0.746. The Morgan fingerprint density at radius 2 is 2.06 bits per heavy atom. The largest absolute Gasteiger partial charge is 0.396 e. The normalized spacial score (nSPS) is 10.8. The molecule has 0 bridgehead atoms. The average Bonchev–Trinajstić information content (AvgIpc) is 2.75. The van der Waals surface area contributed by atoms with Gasteiger partial charge in [-0.1, -0.05) is 0 Å². The summed E-state index contributed by atoms with van der Waals surface area (Å²) >= 11 is 0. The van der Waals surface area contributed by atoms with Crippen LogP contribution in [0.2, 0.25) is 0 Å². The lowest BCUT2D eigenvalue weighted by Gasteiger charge is -1.99. The number of rotatable bonds is 1. The first-order chi connectivity index (χ1) is 7.86. The third-order valence-electron chi connectivity index (χ3n) is 2.38. The molecule has 0 saturated carbocycles. The van der Waals surface area contributed by atoms with Crippen LogP contribution in [-0.4, -0.2) is 19.6 Å². The van der Waals surface area contributed by atoms with E-state index >= 15 is 0 Å². The van der Waals surface area contributed by atoms with Crippen LogP contribution in [0, 0.1) is 0 Å². The standard InChI is InChI=1S/C11H9N5/c12-9-4-2-6-16-10(14-15-11(9)16)8-3-1-5-13-7-8/h1-7H,12H2. The van der Waals surface area contributed by atoms with Crippen molar-refractivity contribution in [2.75, 3.05) is 5.73 Å². The van der Waals surface area contributed by atoms with Gasteiger partial charge in [-0.3, -0.25) is 9.38 Å². The summed E-state index contributed by atoms with van der Waals surface area (Å²) in [7, 11) is 0. The SMILES string of the molecule is Nc1cccn2c(-c3cccnc3)nnc12. The van der Waals surface area contributed by atoms with Gasteiger partial charge in [0.15, 0.2) is 11.5 Å². The van der Waals surface area contributed by atoms with Crippen molar-refractivity contribution in [3.05, 3.63) is 42.9 Å². The number of anilines is 1. The zero-order chi connectivity index (χ0) is 11.0.